The van der Waals surface area contributed by atoms with E-state index in [0.717, 1.165) is 32.1 Å². The van der Waals surface area contributed by atoms with E-state index in [2.05, 4.69) is 20.8 Å². The Hall–Kier alpha value is -0.570. The monoisotopic (exact) mass is 440 g/mol. The number of esters is 1. The molecule has 0 fully saturated rings. The van der Waals surface area contributed by atoms with Gasteiger partial charge in [-0.15, -0.1) is 0 Å². The first-order chi connectivity index (χ1) is 15.1. The van der Waals surface area contributed by atoms with Crippen molar-refractivity contribution in [1.82, 2.24) is 0 Å². The number of carbonyl (C=O) groups is 1. The van der Waals surface area contributed by atoms with Crippen LogP contribution in [0.3, 0.4) is 0 Å². The summed E-state index contributed by atoms with van der Waals surface area (Å²) in [5.74, 6) is 0.561. The summed E-state index contributed by atoms with van der Waals surface area (Å²) in [6, 6.07) is 0. The fourth-order valence-electron chi connectivity index (χ4n) is 4.27. The van der Waals surface area contributed by atoms with Crippen molar-refractivity contribution < 1.29 is 14.6 Å². The number of hydrogen-bond donors (Lipinski definition) is 1. The van der Waals surface area contributed by atoms with Gasteiger partial charge >= 0.3 is 5.97 Å². The molecule has 0 saturated heterocycles. The molecule has 0 rings (SSSR count). The molecular weight excluding hydrogens is 384 g/mol. The molecule has 0 saturated carbocycles. The number of aliphatic hydroxyl groups excluding tert-OH is 1. The third-order valence-electron chi connectivity index (χ3n) is 6.47. The van der Waals surface area contributed by atoms with E-state index in [-0.39, 0.29) is 12.1 Å². The molecule has 0 bridgehead atoms. The molecule has 186 valence electrons. The Bertz CT molecular complexity index is 359. The molecule has 0 aromatic rings. The summed E-state index contributed by atoms with van der Waals surface area (Å²) >= 11 is 0. The topological polar surface area (TPSA) is 46.5 Å². The molecule has 3 heteroatoms. The lowest BCUT2D eigenvalue weighted by atomic mass is 9.96. The Morgan fingerprint density at radius 1 is 0.613 bits per heavy atom. The second-order valence-electron chi connectivity index (χ2n) is 9.70. The van der Waals surface area contributed by atoms with Gasteiger partial charge in [-0.1, -0.05) is 117 Å². The van der Waals surface area contributed by atoms with Crippen molar-refractivity contribution in [3.63, 3.8) is 0 Å². The van der Waals surface area contributed by atoms with Crippen LogP contribution in [0.25, 0.3) is 0 Å². The lowest BCUT2D eigenvalue weighted by molar-refractivity contribution is -0.145. The van der Waals surface area contributed by atoms with Gasteiger partial charge in [0, 0.05) is 6.42 Å². The first-order valence-electron chi connectivity index (χ1n) is 14.0. The van der Waals surface area contributed by atoms with Crippen molar-refractivity contribution in [3.8, 4) is 0 Å². The maximum atomic E-state index is 12.1. The average molecular weight is 441 g/mol. The van der Waals surface area contributed by atoms with Gasteiger partial charge in [0.15, 0.2) is 0 Å². The smallest absolute Gasteiger partial charge is 0.305 e. The minimum atomic E-state index is -0.0978. The first-order valence-corrected chi connectivity index (χ1v) is 14.0. The van der Waals surface area contributed by atoms with Gasteiger partial charge in [0.05, 0.1) is 12.7 Å². The highest BCUT2D eigenvalue weighted by Crippen LogP contribution is 2.19. The zero-order chi connectivity index (χ0) is 23.0. The van der Waals surface area contributed by atoms with Crippen LogP contribution in [0, 0.1) is 5.92 Å². The Morgan fingerprint density at radius 3 is 1.58 bits per heavy atom. The molecule has 1 atom stereocenters. The lowest BCUT2D eigenvalue weighted by Gasteiger charge is -2.17. The highest BCUT2D eigenvalue weighted by atomic mass is 16.5. The number of aliphatic hydroxyl groups is 1. The van der Waals surface area contributed by atoms with Gasteiger partial charge < -0.3 is 9.84 Å². The second kappa shape index (κ2) is 24.1. The Balaban J connectivity index is 3.63. The lowest BCUT2D eigenvalue weighted by Crippen LogP contribution is -2.14. The molecule has 0 aliphatic heterocycles. The zero-order valence-corrected chi connectivity index (χ0v) is 21.5. The van der Waals surface area contributed by atoms with Gasteiger partial charge in [-0.2, -0.15) is 0 Å². The van der Waals surface area contributed by atoms with Crippen molar-refractivity contribution >= 4 is 5.97 Å². The van der Waals surface area contributed by atoms with Gasteiger partial charge in [0.2, 0.25) is 0 Å². The minimum Gasteiger partial charge on any atom is -0.465 e. The summed E-state index contributed by atoms with van der Waals surface area (Å²) in [6.45, 7) is 7.34. The van der Waals surface area contributed by atoms with E-state index in [9.17, 15) is 9.90 Å². The largest absolute Gasteiger partial charge is 0.465 e. The number of carbonyl (C=O) groups excluding carboxylic acids is 1. The van der Waals surface area contributed by atoms with Crippen LogP contribution in [-0.4, -0.2) is 23.8 Å². The number of ether oxygens (including phenoxy) is 1. The molecule has 0 amide bonds. The van der Waals surface area contributed by atoms with Crippen molar-refractivity contribution in [2.24, 2.45) is 5.92 Å². The highest BCUT2D eigenvalue weighted by Gasteiger charge is 2.12. The first kappa shape index (κ1) is 30.4. The van der Waals surface area contributed by atoms with Gasteiger partial charge in [0.25, 0.3) is 0 Å². The van der Waals surface area contributed by atoms with Crippen molar-refractivity contribution in [2.75, 3.05) is 6.61 Å². The molecule has 1 unspecified atom stereocenters. The average Bonchev–Trinajstić information content (AvgIpc) is 2.76. The molecule has 0 spiro atoms. The van der Waals surface area contributed by atoms with E-state index < -0.39 is 0 Å². The Kier molecular flexibility index (Phi) is 23.6. The maximum absolute atomic E-state index is 12.1. The molecule has 1 N–H and O–H groups in total. The van der Waals surface area contributed by atoms with Crippen LogP contribution in [0.4, 0.5) is 0 Å². The van der Waals surface area contributed by atoms with Crippen LogP contribution in [-0.2, 0) is 9.53 Å². The van der Waals surface area contributed by atoms with Crippen LogP contribution < -0.4 is 0 Å². The number of rotatable bonds is 24. The maximum Gasteiger partial charge on any atom is 0.305 e. The molecule has 0 aromatic carbocycles. The summed E-state index contributed by atoms with van der Waals surface area (Å²) in [7, 11) is 0. The molecule has 0 heterocycles. The molecule has 3 nitrogen and oxygen atoms in total. The van der Waals surface area contributed by atoms with Crippen molar-refractivity contribution in [1.29, 1.82) is 0 Å². The summed E-state index contributed by atoms with van der Waals surface area (Å²) in [6.07, 6.45) is 24.2. The van der Waals surface area contributed by atoms with Crippen molar-refractivity contribution in [2.45, 2.75) is 162 Å². The van der Waals surface area contributed by atoms with Gasteiger partial charge in [-0.05, 0) is 38.0 Å². The summed E-state index contributed by atoms with van der Waals surface area (Å²) in [5.41, 5.74) is 0. The van der Waals surface area contributed by atoms with E-state index in [1.54, 1.807) is 0 Å². The van der Waals surface area contributed by atoms with Crippen LogP contribution in [0.15, 0.2) is 0 Å². The van der Waals surface area contributed by atoms with E-state index in [4.69, 9.17) is 4.74 Å². The van der Waals surface area contributed by atoms with E-state index in [1.807, 2.05) is 0 Å². The molecule has 0 aromatic heterocycles. The molecular formula is C28H56O3. The minimum absolute atomic E-state index is 0.00202. The van der Waals surface area contributed by atoms with Crippen LogP contribution in [0.1, 0.15) is 156 Å². The third-order valence-corrected chi connectivity index (χ3v) is 6.47. The SMILES string of the molecule is CCCCCCC(O)CCCCCCCCC(=O)OCC(CCCCC)CCCCC. The highest BCUT2D eigenvalue weighted by molar-refractivity contribution is 5.69. The zero-order valence-electron chi connectivity index (χ0n) is 21.5. The van der Waals surface area contributed by atoms with Crippen molar-refractivity contribution in [3.05, 3.63) is 0 Å². The second-order valence-corrected chi connectivity index (χ2v) is 9.70. The molecule has 0 aliphatic rings. The van der Waals surface area contributed by atoms with E-state index in [1.165, 1.54) is 96.3 Å². The van der Waals surface area contributed by atoms with Crippen LogP contribution >= 0.6 is 0 Å². The van der Waals surface area contributed by atoms with Gasteiger partial charge in [-0.3, -0.25) is 4.79 Å². The quantitative estimate of drug-likeness (QED) is 0.120. The molecule has 0 radical (unpaired) electrons. The van der Waals surface area contributed by atoms with Gasteiger partial charge in [0.1, 0.15) is 0 Å². The van der Waals surface area contributed by atoms with Crippen LogP contribution in [0.5, 0.6) is 0 Å². The fourth-order valence-corrected chi connectivity index (χ4v) is 4.27. The van der Waals surface area contributed by atoms with E-state index in [0.29, 0.717) is 18.9 Å². The Labute approximate surface area is 195 Å². The van der Waals surface area contributed by atoms with Gasteiger partial charge in [-0.25, -0.2) is 0 Å². The fraction of sp³-hybridized carbons (Fsp3) is 0.964. The van der Waals surface area contributed by atoms with E-state index >= 15 is 0 Å². The predicted octanol–water partition coefficient (Wildman–Crippen LogP) is 8.76. The number of hydrogen-bond acceptors (Lipinski definition) is 3. The number of unbranched alkanes of at least 4 members (excludes halogenated alkanes) is 12. The van der Waals surface area contributed by atoms with Crippen LogP contribution in [0.2, 0.25) is 0 Å². The summed E-state index contributed by atoms with van der Waals surface area (Å²) in [5, 5.41) is 10.0. The third kappa shape index (κ3) is 22.4. The summed E-state index contributed by atoms with van der Waals surface area (Å²) in [4.78, 5) is 12.1. The summed E-state index contributed by atoms with van der Waals surface area (Å²) < 4.78 is 5.62. The predicted molar refractivity (Wildman–Crippen MR) is 134 cm³/mol. The normalized spacial score (nSPS) is 12.4. The molecule has 0 aliphatic carbocycles. The standard InChI is InChI=1S/C28H56O3/c1-4-7-10-17-22-27(29)23-18-13-11-12-14-19-24-28(30)31-25-26(20-15-8-5-2)21-16-9-6-3/h26-27,29H,4-25H2,1-3H3. The Morgan fingerprint density at radius 2 is 1.03 bits per heavy atom. The molecule has 31 heavy (non-hydrogen) atoms.